The van der Waals surface area contributed by atoms with Gasteiger partial charge < -0.3 is 10.1 Å². The maximum atomic E-state index is 5.67. The molecule has 15 heavy (non-hydrogen) atoms. The van der Waals surface area contributed by atoms with Gasteiger partial charge in [-0.3, -0.25) is 0 Å². The van der Waals surface area contributed by atoms with Crippen LogP contribution in [0.2, 0.25) is 0 Å². The predicted octanol–water partition coefficient (Wildman–Crippen LogP) is 2.97. The van der Waals surface area contributed by atoms with E-state index < -0.39 is 0 Å². The van der Waals surface area contributed by atoms with E-state index in [2.05, 4.69) is 33.0 Å². The van der Waals surface area contributed by atoms with Crippen LogP contribution in [0.25, 0.3) is 0 Å². The summed E-state index contributed by atoms with van der Waals surface area (Å²) in [5.41, 5.74) is 0.356. The molecule has 1 fully saturated rings. The lowest BCUT2D eigenvalue weighted by molar-refractivity contribution is 0.0940. The molecule has 0 radical (unpaired) electrons. The second-order valence-electron chi connectivity index (χ2n) is 5.69. The third-order valence-corrected chi connectivity index (χ3v) is 3.30. The van der Waals surface area contributed by atoms with Crippen molar-refractivity contribution in [3.05, 3.63) is 0 Å². The van der Waals surface area contributed by atoms with Crippen LogP contribution in [-0.2, 0) is 4.74 Å². The van der Waals surface area contributed by atoms with Crippen LogP contribution in [-0.4, -0.2) is 25.3 Å². The van der Waals surface area contributed by atoms with Gasteiger partial charge in [-0.2, -0.15) is 0 Å². The molecule has 0 aromatic rings. The summed E-state index contributed by atoms with van der Waals surface area (Å²) in [6.45, 7) is 11.2. The van der Waals surface area contributed by atoms with Crippen LogP contribution in [0, 0.1) is 5.41 Å². The fourth-order valence-corrected chi connectivity index (χ4v) is 2.31. The highest BCUT2D eigenvalue weighted by molar-refractivity contribution is 4.81. The zero-order chi connectivity index (χ0) is 11.3. The summed E-state index contributed by atoms with van der Waals surface area (Å²) in [5.74, 6) is 0. The lowest BCUT2D eigenvalue weighted by atomic mass is 9.83. The predicted molar refractivity (Wildman–Crippen MR) is 65.1 cm³/mol. The molecule has 1 saturated heterocycles. The quantitative estimate of drug-likeness (QED) is 0.758. The van der Waals surface area contributed by atoms with Crippen molar-refractivity contribution in [3.63, 3.8) is 0 Å². The fourth-order valence-electron chi connectivity index (χ4n) is 2.31. The van der Waals surface area contributed by atoms with E-state index in [4.69, 9.17) is 4.74 Å². The van der Waals surface area contributed by atoms with Gasteiger partial charge >= 0.3 is 0 Å². The Hall–Kier alpha value is -0.0800. The number of hydrogen-bond acceptors (Lipinski definition) is 2. The van der Waals surface area contributed by atoms with E-state index in [-0.39, 0.29) is 0 Å². The van der Waals surface area contributed by atoms with Gasteiger partial charge in [0.25, 0.3) is 0 Å². The van der Waals surface area contributed by atoms with Crippen molar-refractivity contribution >= 4 is 0 Å². The van der Waals surface area contributed by atoms with Gasteiger partial charge in [0.15, 0.2) is 0 Å². The van der Waals surface area contributed by atoms with Gasteiger partial charge in [-0.1, -0.05) is 27.7 Å². The summed E-state index contributed by atoms with van der Waals surface area (Å²) in [7, 11) is 0. The van der Waals surface area contributed by atoms with E-state index in [0.717, 1.165) is 13.2 Å². The number of ether oxygens (including phenoxy) is 1. The molecule has 2 heteroatoms. The van der Waals surface area contributed by atoms with Gasteiger partial charge in [-0.25, -0.2) is 0 Å². The summed E-state index contributed by atoms with van der Waals surface area (Å²) in [4.78, 5) is 0. The van der Waals surface area contributed by atoms with Crippen LogP contribution in [0.3, 0.4) is 0 Å². The average molecular weight is 213 g/mol. The highest BCUT2D eigenvalue weighted by Crippen LogP contribution is 2.25. The van der Waals surface area contributed by atoms with Crippen molar-refractivity contribution < 1.29 is 4.74 Å². The molecule has 1 aliphatic rings. The second-order valence-corrected chi connectivity index (χ2v) is 5.69. The fraction of sp³-hybridized carbons (Fsp3) is 1.00. The summed E-state index contributed by atoms with van der Waals surface area (Å²) in [6.07, 6.45) is 5.51. The Labute approximate surface area is 94.8 Å². The SMILES string of the molecule is CCNC(CCC1CCCO1)C(C)(C)C. The third-order valence-electron chi connectivity index (χ3n) is 3.30. The highest BCUT2D eigenvalue weighted by atomic mass is 16.5. The summed E-state index contributed by atoms with van der Waals surface area (Å²) < 4.78 is 5.67. The zero-order valence-corrected chi connectivity index (χ0v) is 10.8. The molecule has 1 rings (SSSR count). The smallest absolute Gasteiger partial charge is 0.0576 e. The Kier molecular flexibility index (Phi) is 5.07. The van der Waals surface area contributed by atoms with E-state index in [1.54, 1.807) is 0 Å². The molecule has 0 saturated carbocycles. The monoisotopic (exact) mass is 213 g/mol. The van der Waals surface area contributed by atoms with Crippen LogP contribution in [0.1, 0.15) is 53.4 Å². The van der Waals surface area contributed by atoms with E-state index in [1.165, 1.54) is 25.7 Å². The summed E-state index contributed by atoms with van der Waals surface area (Å²) in [6, 6.07) is 0.617. The zero-order valence-electron chi connectivity index (χ0n) is 10.8. The Balaban J connectivity index is 2.30. The van der Waals surface area contributed by atoms with Crippen molar-refractivity contribution in [3.8, 4) is 0 Å². The first-order valence-electron chi connectivity index (χ1n) is 6.39. The Morgan fingerprint density at radius 2 is 2.13 bits per heavy atom. The van der Waals surface area contributed by atoms with Gasteiger partial charge in [0.05, 0.1) is 6.10 Å². The van der Waals surface area contributed by atoms with E-state index in [0.29, 0.717) is 17.6 Å². The average Bonchev–Trinajstić information content (AvgIpc) is 2.62. The first kappa shape index (κ1) is 13.0. The molecule has 1 N–H and O–H groups in total. The number of hydrogen-bond donors (Lipinski definition) is 1. The number of rotatable bonds is 5. The normalized spacial score (nSPS) is 24.4. The van der Waals surface area contributed by atoms with Crippen molar-refractivity contribution in [1.29, 1.82) is 0 Å². The largest absolute Gasteiger partial charge is 0.378 e. The molecular formula is C13H27NO. The lowest BCUT2D eigenvalue weighted by Gasteiger charge is -2.32. The molecule has 2 atom stereocenters. The Morgan fingerprint density at radius 3 is 2.60 bits per heavy atom. The molecule has 1 aliphatic heterocycles. The van der Waals surface area contributed by atoms with Crippen LogP contribution >= 0.6 is 0 Å². The molecular weight excluding hydrogens is 186 g/mol. The molecule has 0 spiro atoms. The molecule has 0 aliphatic carbocycles. The van der Waals surface area contributed by atoms with E-state index in [9.17, 15) is 0 Å². The maximum absolute atomic E-state index is 5.67. The van der Waals surface area contributed by atoms with Crippen LogP contribution in [0.5, 0.6) is 0 Å². The maximum Gasteiger partial charge on any atom is 0.0576 e. The van der Waals surface area contributed by atoms with Gasteiger partial charge in [0.2, 0.25) is 0 Å². The van der Waals surface area contributed by atoms with Crippen LogP contribution in [0.4, 0.5) is 0 Å². The lowest BCUT2D eigenvalue weighted by Crippen LogP contribution is -2.40. The van der Waals surface area contributed by atoms with Crippen molar-refractivity contribution in [1.82, 2.24) is 5.32 Å². The highest BCUT2D eigenvalue weighted by Gasteiger charge is 2.25. The molecule has 2 nitrogen and oxygen atoms in total. The van der Waals surface area contributed by atoms with Gasteiger partial charge in [0, 0.05) is 12.6 Å². The molecule has 0 aromatic heterocycles. The minimum atomic E-state index is 0.356. The van der Waals surface area contributed by atoms with E-state index >= 15 is 0 Å². The molecule has 1 heterocycles. The minimum absolute atomic E-state index is 0.356. The summed E-state index contributed by atoms with van der Waals surface area (Å²) >= 11 is 0. The van der Waals surface area contributed by atoms with Crippen LogP contribution < -0.4 is 5.32 Å². The van der Waals surface area contributed by atoms with Gasteiger partial charge in [-0.05, 0) is 37.6 Å². The molecule has 0 amide bonds. The van der Waals surface area contributed by atoms with Gasteiger partial charge in [-0.15, -0.1) is 0 Å². The van der Waals surface area contributed by atoms with E-state index in [1.807, 2.05) is 0 Å². The molecule has 2 unspecified atom stereocenters. The topological polar surface area (TPSA) is 21.3 Å². The van der Waals surface area contributed by atoms with Crippen molar-refractivity contribution in [2.24, 2.45) is 5.41 Å². The van der Waals surface area contributed by atoms with Crippen LogP contribution in [0.15, 0.2) is 0 Å². The first-order valence-corrected chi connectivity index (χ1v) is 6.39. The Morgan fingerprint density at radius 1 is 1.40 bits per heavy atom. The van der Waals surface area contributed by atoms with Crippen molar-refractivity contribution in [2.75, 3.05) is 13.2 Å². The second kappa shape index (κ2) is 5.86. The summed E-state index contributed by atoms with van der Waals surface area (Å²) in [5, 5.41) is 3.59. The third kappa shape index (κ3) is 4.52. The minimum Gasteiger partial charge on any atom is -0.378 e. The van der Waals surface area contributed by atoms with Crippen molar-refractivity contribution in [2.45, 2.75) is 65.5 Å². The molecule has 90 valence electrons. The molecule has 0 aromatic carbocycles. The number of nitrogens with one attached hydrogen (secondary N) is 1. The first-order chi connectivity index (χ1) is 7.04. The standard InChI is InChI=1S/C13H27NO/c1-5-14-12(13(2,3)4)9-8-11-7-6-10-15-11/h11-12,14H,5-10H2,1-4H3. The van der Waals surface area contributed by atoms with Gasteiger partial charge in [0.1, 0.15) is 0 Å². The Bertz CT molecular complexity index is 168. The molecule has 0 bridgehead atoms.